The number of halogens is 6. The van der Waals surface area contributed by atoms with Gasteiger partial charge in [-0.15, -0.1) is 0 Å². The Bertz CT molecular complexity index is 1020. The van der Waals surface area contributed by atoms with Crippen molar-refractivity contribution in [3.8, 4) is 0 Å². The van der Waals surface area contributed by atoms with Crippen LogP contribution in [0.5, 0.6) is 0 Å². The number of rotatable bonds is 2. The molecule has 0 saturated heterocycles. The van der Waals surface area contributed by atoms with Gasteiger partial charge >= 0.3 is 12.4 Å². The molecule has 0 fully saturated rings. The van der Waals surface area contributed by atoms with E-state index >= 15 is 0 Å². The average Bonchev–Trinajstić information content (AvgIpc) is 2.52. The molecule has 0 atom stereocenters. The Morgan fingerprint density at radius 3 is 2.27 bits per heavy atom. The summed E-state index contributed by atoms with van der Waals surface area (Å²) in [5, 5.41) is 2.66. The first-order valence-corrected chi connectivity index (χ1v) is 7.09. The first-order valence-electron chi connectivity index (χ1n) is 7.09. The van der Waals surface area contributed by atoms with Gasteiger partial charge in [-0.2, -0.15) is 26.3 Å². The lowest BCUT2D eigenvalue weighted by molar-refractivity contribution is -0.140. The van der Waals surface area contributed by atoms with E-state index in [9.17, 15) is 31.1 Å². The highest BCUT2D eigenvalue weighted by Crippen LogP contribution is 2.37. The molecule has 1 aromatic carbocycles. The summed E-state index contributed by atoms with van der Waals surface area (Å²) >= 11 is 0. The van der Waals surface area contributed by atoms with E-state index in [1.165, 1.54) is 12.3 Å². The molecule has 0 saturated carbocycles. The molecule has 2 aromatic heterocycles. The van der Waals surface area contributed by atoms with E-state index in [1.54, 1.807) is 0 Å². The Labute approximate surface area is 141 Å². The molecule has 0 aliphatic rings. The molecule has 2 heterocycles. The second kappa shape index (κ2) is 6.04. The summed E-state index contributed by atoms with van der Waals surface area (Å²) in [6.07, 6.45) is -8.29. The molecule has 3 rings (SSSR count). The van der Waals surface area contributed by atoms with Gasteiger partial charge in [0.05, 0.1) is 16.8 Å². The highest BCUT2D eigenvalue weighted by molar-refractivity contribution is 5.93. The van der Waals surface area contributed by atoms with Crippen molar-refractivity contribution in [1.82, 2.24) is 9.97 Å². The van der Waals surface area contributed by atoms with E-state index in [-0.39, 0.29) is 16.8 Å². The molecule has 26 heavy (non-hydrogen) atoms. The lowest BCUT2D eigenvalue weighted by Gasteiger charge is -2.15. The van der Waals surface area contributed by atoms with Crippen LogP contribution in [-0.4, -0.2) is 9.97 Å². The number of fused-ring (bicyclic) bond motifs is 1. The Morgan fingerprint density at radius 1 is 0.923 bits per heavy atom. The molecule has 0 aliphatic carbocycles. The molecule has 0 aliphatic heterocycles. The Morgan fingerprint density at radius 2 is 1.65 bits per heavy atom. The van der Waals surface area contributed by atoms with Gasteiger partial charge in [0.15, 0.2) is 0 Å². The van der Waals surface area contributed by atoms with Crippen LogP contribution >= 0.6 is 0 Å². The molecule has 3 aromatic rings. The van der Waals surface area contributed by atoms with Crippen molar-refractivity contribution in [2.75, 3.05) is 5.32 Å². The van der Waals surface area contributed by atoms with E-state index in [4.69, 9.17) is 0 Å². The zero-order valence-electron chi connectivity index (χ0n) is 12.7. The third-order valence-electron chi connectivity index (χ3n) is 3.48. The first-order chi connectivity index (χ1) is 12.0. The van der Waals surface area contributed by atoms with Gasteiger partial charge in [0.2, 0.25) is 5.56 Å². The summed E-state index contributed by atoms with van der Waals surface area (Å²) in [5.74, 6) is 0. The predicted molar refractivity (Wildman–Crippen MR) is 82.1 cm³/mol. The monoisotopic (exact) mass is 373 g/mol. The number of anilines is 2. The number of benzene rings is 1. The zero-order chi connectivity index (χ0) is 19.1. The van der Waals surface area contributed by atoms with E-state index in [0.29, 0.717) is 12.1 Å². The van der Waals surface area contributed by atoms with Gasteiger partial charge in [-0.05, 0) is 24.3 Å². The fourth-order valence-corrected chi connectivity index (χ4v) is 2.33. The van der Waals surface area contributed by atoms with Gasteiger partial charge in [0.1, 0.15) is 5.69 Å². The lowest BCUT2D eigenvalue weighted by atomic mass is 10.1. The number of alkyl halides is 6. The lowest BCUT2D eigenvalue weighted by Crippen LogP contribution is -2.11. The topological polar surface area (TPSA) is 57.8 Å². The standard InChI is InChI=1S/C16H9F6N3O/c17-15(18,19)8-1-2-10-11(5-8)25-13(16(20,21)22)7-12(10)24-9-3-4-23-14(26)6-9/h1-7H,(H2,23,24,25,26). The number of H-pyrrole nitrogens is 1. The van der Waals surface area contributed by atoms with Crippen LogP contribution in [0.4, 0.5) is 37.7 Å². The van der Waals surface area contributed by atoms with Crippen molar-refractivity contribution in [2.24, 2.45) is 0 Å². The van der Waals surface area contributed by atoms with Crippen molar-refractivity contribution in [3.05, 3.63) is 64.2 Å². The zero-order valence-corrected chi connectivity index (χ0v) is 12.7. The van der Waals surface area contributed by atoms with Gasteiger partial charge in [-0.3, -0.25) is 4.79 Å². The van der Waals surface area contributed by atoms with E-state index in [2.05, 4.69) is 15.3 Å². The van der Waals surface area contributed by atoms with Crippen molar-refractivity contribution in [1.29, 1.82) is 0 Å². The molecular weight excluding hydrogens is 364 g/mol. The third kappa shape index (κ3) is 3.63. The SMILES string of the molecule is O=c1cc(Nc2cc(C(F)(F)F)nc3cc(C(F)(F)F)ccc23)cc[nH]1. The number of aromatic nitrogens is 2. The summed E-state index contributed by atoms with van der Waals surface area (Å²) in [6, 6.07) is 5.50. The molecule has 4 nitrogen and oxygen atoms in total. The molecular formula is C16H9F6N3O. The fourth-order valence-electron chi connectivity index (χ4n) is 2.33. The summed E-state index contributed by atoms with van der Waals surface area (Å²) in [5.41, 5.74) is -3.38. The molecule has 0 amide bonds. The second-order valence-electron chi connectivity index (χ2n) is 5.35. The minimum Gasteiger partial charge on any atom is -0.355 e. The Balaban J connectivity index is 2.21. The van der Waals surface area contributed by atoms with Crippen LogP contribution in [0.2, 0.25) is 0 Å². The Hall–Kier alpha value is -3.04. The normalized spacial score (nSPS) is 12.4. The molecule has 136 valence electrons. The summed E-state index contributed by atoms with van der Waals surface area (Å²) in [7, 11) is 0. The van der Waals surface area contributed by atoms with Gasteiger partial charge in [0.25, 0.3) is 0 Å². The highest BCUT2D eigenvalue weighted by Gasteiger charge is 2.35. The van der Waals surface area contributed by atoms with Crippen molar-refractivity contribution in [3.63, 3.8) is 0 Å². The number of hydrogen-bond acceptors (Lipinski definition) is 3. The summed E-state index contributed by atoms with van der Waals surface area (Å²) in [4.78, 5) is 17.0. The molecule has 10 heteroatoms. The van der Waals surface area contributed by atoms with Gasteiger partial charge in [-0.25, -0.2) is 4.98 Å². The van der Waals surface area contributed by atoms with E-state index in [1.807, 2.05) is 0 Å². The summed E-state index contributed by atoms with van der Waals surface area (Å²) in [6.45, 7) is 0. The number of nitrogens with zero attached hydrogens (tertiary/aromatic N) is 1. The van der Waals surface area contributed by atoms with Crippen LogP contribution in [0.1, 0.15) is 11.3 Å². The second-order valence-corrected chi connectivity index (χ2v) is 5.35. The molecule has 0 spiro atoms. The van der Waals surface area contributed by atoms with Crippen LogP contribution in [0, 0.1) is 0 Å². The fraction of sp³-hybridized carbons (Fsp3) is 0.125. The molecule has 0 bridgehead atoms. The smallest absolute Gasteiger partial charge is 0.355 e. The van der Waals surface area contributed by atoms with E-state index < -0.39 is 34.7 Å². The quantitative estimate of drug-likeness (QED) is 0.640. The van der Waals surface area contributed by atoms with Crippen molar-refractivity contribution >= 4 is 22.3 Å². The highest BCUT2D eigenvalue weighted by atomic mass is 19.4. The number of nitrogens with one attached hydrogen (secondary N) is 2. The molecule has 2 N–H and O–H groups in total. The minimum absolute atomic E-state index is 0.0475. The third-order valence-corrected chi connectivity index (χ3v) is 3.48. The maximum Gasteiger partial charge on any atom is 0.433 e. The first kappa shape index (κ1) is 17.8. The minimum atomic E-state index is -4.85. The molecule has 0 radical (unpaired) electrons. The number of pyridine rings is 2. The van der Waals surface area contributed by atoms with Crippen LogP contribution in [0.15, 0.2) is 47.4 Å². The van der Waals surface area contributed by atoms with Crippen LogP contribution in [0.25, 0.3) is 10.9 Å². The molecule has 0 unspecified atom stereocenters. The van der Waals surface area contributed by atoms with Crippen LogP contribution in [-0.2, 0) is 12.4 Å². The maximum absolute atomic E-state index is 13.1. The van der Waals surface area contributed by atoms with Gasteiger partial charge < -0.3 is 10.3 Å². The number of hydrogen-bond donors (Lipinski definition) is 2. The van der Waals surface area contributed by atoms with Crippen molar-refractivity contribution < 1.29 is 26.3 Å². The maximum atomic E-state index is 13.1. The largest absolute Gasteiger partial charge is 0.433 e. The van der Waals surface area contributed by atoms with Gasteiger partial charge in [0, 0.05) is 23.3 Å². The summed E-state index contributed by atoms with van der Waals surface area (Å²) < 4.78 is 77.7. The number of aromatic amines is 1. The van der Waals surface area contributed by atoms with Crippen LogP contribution < -0.4 is 10.9 Å². The van der Waals surface area contributed by atoms with E-state index in [0.717, 1.165) is 18.2 Å². The van der Waals surface area contributed by atoms with Crippen LogP contribution in [0.3, 0.4) is 0 Å². The van der Waals surface area contributed by atoms with Crippen molar-refractivity contribution in [2.45, 2.75) is 12.4 Å². The average molecular weight is 373 g/mol. The van der Waals surface area contributed by atoms with Gasteiger partial charge in [-0.1, -0.05) is 6.07 Å². The Kier molecular flexibility index (Phi) is 4.13. The predicted octanol–water partition coefficient (Wildman–Crippen LogP) is 4.70.